The van der Waals surface area contributed by atoms with E-state index < -0.39 is 0 Å². The minimum atomic E-state index is -0.107. The van der Waals surface area contributed by atoms with Crippen molar-refractivity contribution in [1.29, 1.82) is 0 Å². The summed E-state index contributed by atoms with van der Waals surface area (Å²) in [6, 6.07) is 13.8. The first-order valence-electron chi connectivity index (χ1n) is 9.56. The first-order chi connectivity index (χ1) is 13.7. The Morgan fingerprint density at radius 3 is 2.93 bits per heavy atom. The topological polar surface area (TPSA) is 63.1 Å². The molecular formula is C21H20ClN4OS+. The van der Waals surface area contributed by atoms with Gasteiger partial charge >= 0.3 is 0 Å². The van der Waals surface area contributed by atoms with E-state index in [-0.39, 0.29) is 5.56 Å². The number of fused-ring (bicyclic) bond motifs is 2. The predicted octanol–water partition coefficient (Wildman–Crippen LogP) is 3.50. The number of likely N-dealkylation sites (tertiary alicyclic amines) is 1. The Morgan fingerprint density at radius 1 is 1.14 bits per heavy atom. The highest BCUT2D eigenvalue weighted by Gasteiger charge is 2.31. The number of piperidine rings is 1. The Hall–Kier alpha value is -2.28. The van der Waals surface area contributed by atoms with Gasteiger partial charge in [-0.2, -0.15) is 0 Å². The van der Waals surface area contributed by atoms with E-state index in [4.69, 9.17) is 16.6 Å². The Kier molecular flexibility index (Phi) is 4.62. The van der Waals surface area contributed by atoms with Crippen molar-refractivity contribution in [2.45, 2.75) is 31.8 Å². The average Bonchev–Trinajstić information content (AvgIpc) is 3.12. The van der Waals surface area contributed by atoms with E-state index in [1.54, 1.807) is 29.5 Å². The number of H-pyrrole nitrogens is 1. The lowest BCUT2D eigenvalue weighted by atomic mass is 10.0. The highest BCUT2D eigenvalue weighted by molar-refractivity contribution is 7.18. The number of hydrogen-bond donors (Lipinski definition) is 2. The van der Waals surface area contributed by atoms with Crippen molar-refractivity contribution in [3.63, 3.8) is 0 Å². The third-order valence-corrected chi connectivity index (χ3v) is 6.84. The maximum atomic E-state index is 12.5. The molecule has 0 radical (unpaired) electrons. The molecule has 0 saturated carbocycles. The lowest BCUT2D eigenvalue weighted by molar-refractivity contribution is -0.950. The fourth-order valence-corrected chi connectivity index (χ4v) is 5.41. The van der Waals surface area contributed by atoms with Gasteiger partial charge in [0.15, 0.2) is 10.8 Å². The average molecular weight is 412 g/mol. The molecule has 1 unspecified atom stereocenters. The fraction of sp³-hybridized carbons (Fsp3) is 0.286. The quantitative estimate of drug-likeness (QED) is 0.542. The Morgan fingerprint density at radius 2 is 2.04 bits per heavy atom. The molecule has 28 heavy (non-hydrogen) atoms. The van der Waals surface area contributed by atoms with E-state index in [0.29, 0.717) is 34.3 Å². The Bertz CT molecular complexity index is 1180. The summed E-state index contributed by atoms with van der Waals surface area (Å²) in [5.74, 6) is 0.711. The first-order valence-corrected chi connectivity index (χ1v) is 10.8. The molecule has 1 aliphatic rings. The molecule has 3 heterocycles. The zero-order valence-corrected chi connectivity index (χ0v) is 16.8. The molecule has 1 saturated heterocycles. The number of quaternary nitrogens is 1. The molecule has 4 aromatic rings. The zero-order chi connectivity index (χ0) is 19.1. The van der Waals surface area contributed by atoms with Crippen LogP contribution >= 0.6 is 22.9 Å². The third-order valence-electron chi connectivity index (χ3n) is 5.45. The van der Waals surface area contributed by atoms with Crippen LogP contribution in [-0.2, 0) is 6.54 Å². The van der Waals surface area contributed by atoms with Gasteiger partial charge in [0.05, 0.1) is 27.7 Å². The third kappa shape index (κ3) is 3.32. The number of halogens is 1. The molecular weight excluding hydrogens is 392 g/mol. The van der Waals surface area contributed by atoms with Crippen LogP contribution in [0.1, 0.15) is 36.1 Å². The SMILES string of the molecule is O=c1[nH]c(C[NH+]2CCCC[C@H]2c2nc3ccccc3s2)nc2cc(Cl)ccc12. The number of aromatic nitrogens is 3. The number of para-hydroxylation sites is 1. The van der Waals surface area contributed by atoms with Gasteiger partial charge in [-0.05, 0) is 43.2 Å². The van der Waals surface area contributed by atoms with Gasteiger partial charge in [0, 0.05) is 11.4 Å². The first kappa shape index (κ1) is 17.8. The molecule has 2 aromatic carbocycles. The molecule has 0 spiro atoms. The Balaban J connectivity index is 1.48. The van der Waals surface area contributed by atoms with Crippen LogP contribution in [-0.4, -0.2) is 21.5 Å². The zero-order valence-electron chi connectivity index (χ0n) is 15.2. The number of rotatable bonds is 3. The lowest BCUT2D eigenvalue weighted by Gasteiger charge is -2.30. The molecule has 142 valence electrons. The molecule has 0 amide bonds. The maximum Gasteiger partial charge on any atom is 0.258 e. The molecule has 0 bridgehead atoms. The standard InChI is InChI=1S/C21H19ClN4OS/c22-13-8-9-14-16(11-13)23-19(25-20(14)27)12-26-10-4-3-6-17(26)21-24-15-5-1-2-7-18(15)28-21/h1-2,5,7-9,11,17H,3-4,6,10,12H2,(H,23,25,27)/p+1/t17-/m0/s1. The van der Waals surface area contributed by atoms with Crippen LogP contribution in [0.15, 0.2) is 47.3 Å². The smallest absolute Gasteiger partial charge is 0.258 e. The minimum Gasteiger partial charge on any atom is -0.320 e. The van der Waals surface area contributed by atoms with E-state index in [2.05, 4.69) is 28.2 Å². The van der Waals surface area contributed by atoms with Crippen LogP contribution < -0.4 is 10.5 Å². The summed E-state index contributed by atoms with van der Waals surface area (Å²) < 4.78 is 1.23. The molecule has 5 rings (SSSR count). The summed E-state index contributed by atoms with van der Waals surface area (Å²) >= 11 is 7.88. The molecule has 0 aliphatic carbocycles. The number of aromatic amines is 1. The van der Waals surface area contributed by atoms with Crippen molar-refractivity contribution in [2.24, 2.45) is 0 Å². The highest BCUT2D eigenvalue weighted by atomic mass is 35.5. The van der Waals surface area contributed by atoms with E-state index >= 15 is 0 Å². The van der Waals surface area contributed by atoms with Gasteiger partial charge in [0.25, 0.3) is 5.56 Å². The van der Waals surface area contributed by atoms with Crippen molar-refractivity contribution in [3.05, 3.63) is 68.7 Å². The van der Waals surface area contributed by atoms with Gasteiger partial charge in [-0.25, -0.2) is 9.97 Å². The summed E-state index contributed by atoms with van der Waals surface area (Å²) in [6.07, 6.45) is 3.50. The van der Waals surface area contributed by atoms with Gasteiger partial charge < -0.3 is 9.88 Å². The molecule has 2 N–H and O–H groups in total. The number of nitrogens with one attached hydrogen (secondary N) is 2. The molecule has 1 aliphatic heterocycles. The van der Waals surface area contributed by atoms with Crippen molar-refractivity contribution in [2.75, 3.05) is 6.54 Å². The maximum absolute atomic E-state index is 12.5. The van der Waals surface area contributed by atoms with Crippen LogP contribution in [0.2, 0.25) is 5.02 Å². The Labute approximate surface area is 171 Å². The number of hydrogen-bond acceptors (Lipinski definition) is 4. The molecule has 2 atom stereocenters. The number of thiazole rings is 1. The molecule has 2 aromatic heterocycles. The van der Waals surface area contributed by atoms with Crippen molar-refractivity contribution in [1.82, 2.24) is 15.0 Å². The van der Waals surface area contributed by atoms with Gasteiger partial charge in [-0.3, -0.25) is 4.79 Å². The van der Waals surface area contributed by atoms with Crippen LogP contribution in [0.4, 0.5) is 0 Å². The van der Waals surface area contributed by atoms with Crippen molar-refractivity contribution < 1.29 is 4.90 Å². The molecule has 7 heteroatoms. The van der Waals surface area contributed by atoms with Crippen LogP contribution in [0, 0.1) is 0 Å². The van der Waals surface area contributed by atoms with E-state index in [9.17, 15) is 4.79 Å². The van der Waals surface area contributed by atoms with Crippen LogP contribution in [0.3, 0.4) is 0 Å². The summed E-state index contributed by atoms with van der Waals surface area (Å²) in [4.78, 5) is 26.4. The normalized spacial score (nSPS) is 20.0. The van der Waals surface area contributed by atoms with Crippen molar-refractivity contribution >= 4 is 44.1 Å². The monoisotopic (exact) mass is 411 g/mol. The highest BCUT2D eigenvalue weighted by Crippen LogP contribution is 2.28. The van der Waals surface area contributed by atoms with Gasteiger partial charge in [0.2, 0.25) is 0 Å². The predicted molar refractivity (Wildman–Crippen MR) is 113 cm³/mol. The van der Waals surface area contributed by atoms with Gasteiger partial charge in [0.1, 0.15) is 12.6 Å². The number of benzene rings is 2. The van der Waals surface area contributed by atoms with Crippen LogP contribution in [0.5, 0.6) is 0 Å². The van der Waals surface area contributed by atoms with Gasteiger partial charge in [-0.15, -0.1) is 11.3 Å². The second kappa shape index (κ2) is 7.28. The summed E-state index contributed by atoms with van der Waals surface area (Å²) in [5, 5.41) is 2.35. The van der Waals surface area contributed by atoms with E-state index in [1.807, 2.05) is 6.07 Å². The number of nitrogens with zero attached hydrogens (tertiary/aromatic N) is 2. The van der Waals surface area contributed by atoms with E-state index in [0.717, 1.165) is 18.5 Å². The van der Waals surface area contributed by atoms with Crippen molar-refractivity contribution in [3.8, 4) is 0 Å². The second-order valence-electron chi connectivity index (χ2n) is 7.33. The van der Waals surface area contributed by atoms with E-state index in [1.165, 1.54) is 27.4 Å². The molecule has 1 fully saturated rings. The fourth-order valence-electron chi connectivity index (χ4n) is 4.09. The second-order valence-corrected chi connectivity index (χ2v) is 8.83. The summed E-state index contributed by atoms with van der Waals surface area (Å²) in [5.41, 5.74) is 1.61. The summed E-state index contributed by atoms with van der Waals surface area (Å²) in [7, 11) is 0. The largest absolute Gasteiger partial charge is 0.320 e. The minimum absolute atomic E-state index is 0.107. The molecule has 5 nitrogen and oxygen atoms in total. The summed E-state index contributed by atoms with van der Waals surface area (Å²) in [6.45, 7) is 1.73. The lowest BCUT2D eigenvalue weighted by Crippen LogP contribution is -3.11. The van der Waals surface area contributed by atoms with Gasteiger partial charge in [-0.1, -0.05) is 23.7 Å². The van der Waals surface area contributed by atoms with Crippen LogP contribution in [0.25, 0.3) is 21.1 Å².